The first-order valence-electron chi connectivity index (χ1n) is 7.96. The van der Waals surface area contributed by atoms with Gasteiger partial charge in [-0.1, -0.05) is 30.0 Å². The molecule has 136 valence electrons. The summed E-state index contributed by atoms with van der Waals surface area (Å²) in [4.78, 5) is 14.9. The molecule has 1 aromatic heterocycles. The summed E-state index contributed by atoms with van der Waals surface area (Å²) in [5, 5.41) is 4.11. The van der Waals surface area contributed by atoms with Gasteiger partial charge in [-0.3, -0.25) is 14.4 Å². The SMILES string of the molecule is COc1ccc(CCN2C(=O)C(=Cc3cnn(C)c3)SC2=S)cc1OC. The summed E-state index contributed by atoms with van der Waals surface area (Å²) in [7, 11) is 5.05. The van der Waals surface area contributed by atoms with E-state index in [0.717, 1.165) is 11.1 Å². The number of aromatic nitrogens is 2. The minimum atomic E-state index is -0.0654. The van der Waals surface area contributed by atoms with Crippen LogP contribution in [-0.2, 0) is 18.3 Å². The summed E-state index contributed by atoms with van der Waals surface area (Å²) in [6.07, 6.45) is 6.07. The number of thioether (sulfide) groups is 1. The van der Waals surface area contributed by atoms with E-state index in [1.807, 2.05) is 37.5 Å². The van der Waals surface area contributed by atoms with Crippen LogP contribution in [0.1, 0.15) is 11.1 Å². The molecule has 1 saturated heterocycles. The van der Waals surface area contributed by atoms with Gasteiger partial charge in [-0.15, -0.1) is 0 Å². The topological polar surface area (TPSA) is 56.6 Å². The van der Waals surface area contributed by atoms with Crippen LogP contribution in [0.2, 0.25) is 0 Å². The Balaban J connectivity index is 1.69. The fourth-order valence-electron chi connectivity index (χ4n) is 2.64. The van der Waals surface area contributed by atoms with Gasteiger partial charge in [0.1, 0.15) is 4.32 Å². The fraction of sp³-hybridized carbons (Fsp3) is 0.278. The second kappa shape index (κ2) is 7.92. The van der Waals surface area contributed by atoms with Crippen LogP contribution in [0.3, 0.4) is 0 Å². The molecule has 0 spiro atoms. The molecule has 2 aromatic rings. The number of hydrogen-bond acceptors (Lipinski definition) is 6. The number of carbonyl (C=O) groups excluding carboxylic acids is 1. The van der Waals surface area contributed by atoms with Gasteiger partial charge in [0.05, 0.1) is 25.3 Å². The Kier molecular flexibility index (Phi) is 5.63. The Bertz CT molecular complexity index is 876. The quantitative estimate of drug-likeness (QED) is 0.559. The van der Waals surface area contributed by atoms with E-state index in [2.05, 4.69) is 5.10 Å². The van der Waals surface area contributed by atoms with Crippen molar-refractivity contribution >= 4 is 40.3 Å². The second-order valence-corrected chi connectivity index (χ2v) is 7.40. The van der Waals surface area contributed by atoms with Gasteiger partial charge in [-0.25, -0.2) is 0 Å². The summed E-state index contributed by atoms with van der Waals surface area (Å²) in [6.45, 7) is 0.518. The number of aryl methyl sites for hydroxylation is 1. The first-order chi connectivity index (χ1) is 12.5. The number of methoxy groups -OCH3 is 2. The molecule has 1 aromatic carbocycles. The predicted octanol–water partition coefficient (Wildman–Crippen LogP) is 2.88. The maximum Gasteiger partial charge on any atom is 0.266 e. The van der Waals surface area contributed by atoms with Crippen LogP contribution in [0.15, 0.2) is 35.5 Å². The lowest BCUT2D eigenvalue weighted by molar-refractivity contribution is -0.122. The zero-order valence-electron chi connectivity index (χ0n) is 14.8. The van der Waals surface area contributed by atoms with E-state index >= 15 is 0 Å². The van der Waals surface area contributed by atoms with E-state index in [-0.39, 0.29) is 5.91 Å². The van der Waals surface area contributed by atoms with Crippen LogP contribution in [0, 0.1) is 0 Å². The lowest BCUT2D eigenvalue weighted by Gasteiger charge is -2.15. The molecule has 0 N–H and O–H groups in total. The number of ether oxygens (including phenoxy) is 2. The number of rotatable bonds is 6. The van der Waals surface area contributed by atoms with E-state index in [9.17, 15) is 4.79 Å². The van der Waals surface area contributed by atoms with Crippen molar-refractivity contribution in [3.63, 3.8) is 0 Å². The summed E-state index contributed by atoms with van der Waals surface area (Å²) in [6, 6.07) is 5.74. The first kappa shape index (κ1) is 18.5. The van der Waals surface area contributed by atoms with Crippen LogP contribution < -0.4 is 9.47 Å². The molecular weight excluding hydrogens is 370 g/mol. The van der Waals surface area contributed by atoms with Gasteiger partial charge in [0.2, 0.25) is 0 Å². The second-order valence-electron chi connectivity index (χ2n) is 5.72. The maximum absolute atomic E-state index is 12.6. The number of thiocarbonyl (C=S) groups is 1. The molecule has 0 radical (unpaired) electrons. The monoisotopic (exact) mass is 389 g/mol. The van der Waals surface area contributed by atoms with Gasteiger partial charge in [0, 0.05) is 25.4 Å². The third-order valence-electron chi connectivity index (χ3n) is 3.97. The molecule has 3 rings (SSSR count). The van der Waals surface area contributed by atoms with Gasteiger partial charge in [-0.05, 0) is 30.2 Å². The first-order valence-corrected chi connectivity index (χ1v) is 9.19. The highest BCUT2D eigenvalue weighted by atomic mass is 32.2. The van der Waals surface area contributed by atoms with Crippen molar-refractivity contribution < 1.29 is 14.3 Å². The number of benzene rings is 1. The average molecular weight is 390 g/mol. The van der Waals surface area contributed by atoms with E-state index in [1.54, 1.807) is 30.0 Å². The summed E-state index contributed by atoms with van der Waals surface area (Å²) in [5.74, 6) is 1.29. The third-order valence-corrected chi connectivity index (χ3v) is 5.35. The Morgan fingerprint density at radius 3 is 2.69 bits per heavy atom. The number of carbonyl (C=O) groups is 1. The maximum atomic E-state index is 12.6. The standard InChI is InChI=1S/C18H19N3O3S2/c1-20-11-13(10-19-20)9-16-17(22)21(18(25)26-16)7-6-12-4-5-14(23-2)15(8-12)24-3/h4-5,8-11H,6-7H2,1-3H3. The zero-order valence-corrected chi connectivity index (χ0v) is 16.4. The van der Waals surface area contributed by atoms with Crippen molar-refractivity contribution in [1.29, 1.82) is 0 Å². The van der Waals surface area contributed by atoms with E-state index in [0.29, 0.717) is 33.7 Å². The van der Waals surface area contributed by atoms with Crippen molar-refractivity contribution in [1.82, 2.24) is 14.7 Å². The number of hydrogen-bond donors (Lipinski definition) is 0. The number of amides is 1. The van der Waals surface area contributed by atoms with Crippen LogP contribution in [-0.4, -0.2) is 45.7 Å². The van der Waals surface area contributed by atoms with E-state index < -0.39 is 0 Å². The molecule has 2 heterocycles. The van der Waals surface area contributed by atoms with E-state index in [4.69, 9.17) is 21.7 Å². The molecule has 0 atom stereocenters. The molecule has 0 saturated carbocycles. The highest BCUT2D eigenvalue weighted by Crippen LogP contribution is 2.33. The van der Waals surface area contributed by atoms with Crippen LogP contribution >= 0.6 is 24.0 Å². The predicted molar refractivity (Wildman–Crippen MR) is 106 cm³/mol. The highest BCUT2D eigenvalue weighted by molar-refractivity contribution is 8.26. The van der Waals surface area contributed by atoms with Crippen molar-refractivity contribution in [2.45, 2.75) is 6.42 Å². The summed E-state index contributed by atoms with van der Waals surface area (Å²) in [5.41, 5.74) is 1.93. The van der Waals surface area contributed by atoms with Gasteiger partial charge in [-0.2, -0.15) is 5.10 Å². The lowest BCUT2D eigenvalue weighted by atomic mass is 10.1. The molecule has 8 heteroatoms. The molecular formula is C18H19N3O3S2. The molecule has 1 fully saturated rings. The number of nitrogens with zero attached hydrogens (tertiary/aromatic N) is 3. The van der Waals surface area contributed by atoms with Gasteiger partial charge in [0.15, 0.2) is 11.5 Å². The molecule has 0 unspecified atom stereocenters. The van der Waals surface area contributed by atoms with Gasteiger partial charge in [0.25, 0.3) is 5.91 Å². The minimum absolute atomic E-state index is 0.0654. The molecule has 1 aliphatic heterocycles. The Labute approximate surface area is 161 Å². The van der Waals surface area contributed by atoms with Crippen LogP contribution in [0.5, 0.6) is 11.5 Å². The molecule has 0 aliphatic carbocycles. The van der Waals surface area contributed by atoms with Crippen LogP contribution in [0.25, 0.3) is 6.08 Å². The Morgan fingerprint density at radius 1 is 1.27 bits per heavy atom. The van der Waals surface area contributed by atoms with E-state index in [1.165, 1.54) is 11.8 Å². The normalized spacial score (nSPS) is 15.8. The zero-order chi connectivity index (χ0) is 18.7. The van der Waals surface area contributed by atoms with Crippen LogP contribution in [0.4, 0.5) is 0 Å². The van der Waals surface area contributed by atoms with Crippen molar-refractivity contribution in [3.8, 4) is 11.5 Å². The molecule has 1 aliphatic rings. The molecule has 6 nitrogen and oxygen atoms in total. The third kappa shape index (κ3) is 3.91. The van der Waals surface area contributed by atoms with Gasteiger partial charge >= 0.3 is 0 Å². The Morgan fingerprint density at radius 2 is 2.04 bits per heavy atom. The molecule has 26 heavy (non-hydrogen) atoms. The average Bonchev–Trinajstić information content (AvgIpc) is 3.16. The largest absolute Gasteiger partial charge is 0.493 e. The van der Waals surface area contributed by atoms with Crippen molar-refractivity contribution in [2.75, 3.05) is 20.8 Å². The lowest BCUT2D eigenvalue weighted by Crippen LogP contribution is -2.30. The van der Waals surface area contributed by atoms with Crippen molar-refractivity contribution in [2.24, 2.45) is 7.05 Å². The summed E-state index contributed by atoms with van der Waals surface area (Å²) < 4.78 is 12.8. The van der Waals surface area contributed by atoms with Gasteiger partial charge < -0.3 is 9.47 Å². The highest BCUT2D eigenvalue weighted by Gasteiger charge is 2.31. The smallest absolute Gasteiger partial charge is 0.266 e. The Hall–Kier alpha value is -2.32. The summed E-state index contributed by atoms with van der Waals surface area (Å²) >= 11 is 6.70. The molecule has 1 amide bonds. The fourth-order valence-corrected chi connectivity index (χ4v) is 3.94. The molecule has 0 bridgehead atoms. The minimum Gasteiger partial charge on any atom is -0.493 e. The van der Waals surface area contributed by atoms with Crippen molar-refractivity contribution in [3.05, 3.63) is 46.6 Å².